The predicted octanol–water partition coefficient (Wildman–Crippen LogP) is 4.49. The van der Waals surface area contributed by atoms with Crippen LogP contribution in [0.2, 0.25) is 5.02 Å². The Morgan fingerprint density at radius 3 is 2.68 bits per heavy atom. The van der Waals surface area contributed by atoms with Crippen LogP contribution in [0.5, 0.6) is 0 Å². The number of thioether (sulfide) groups is 1. The lowest BCUT2D eigenvalue weighted by Gasteiger charge is -2.10. The van der Waals surface area contributed by atoms with Crippen LogP contribution in [0, 0.1) is 5.82 Å². The molecule has 2 aromatic carbocycles. The molecule has 1 N–H and O–H groups in total. The quantitative estimate of drug-likeness (QED) is 0.816. The van der Waals surface area contributed by atoms with Gasteiger partial charge in [0.25, 0.3) is 0 Å². The largest absolute Gasteiger partial charge is 0.316 e. The van der Waals surface area contributed by atoms with Gasteiger partial charge in [0.05, 0.1) is 0 Å². The van der Waals surface area contributed by atoms with E-state index >= 15 is 0 Å². The topological polar surface area (TPSA) is 12.0 Å². The molecule has 0 saturated heterocycles. The van der Waals surface area contributed by atoms with Gasteiger partial charge in [-0.1, -0.05) is 29.8 Å². The molecule has 1 nitrogen and oxygen atoms in total. The maximum atomic E-state index is 13.2. The van der Waals surface area contributed by atoms with Crippen molar-refractivity contribution in [2.45, 2.75) is 17.2 Å². The lowest BCUT2D eigenvalue weighted by Crippen LogP contribution is -2.06. The van der Waals surface area contributed by atoms with E-state index in [1.54, 1.807) is 17.8 Å². The van der Waals surface area contributed by atoms with E-state index in [1.807, 2.05) is 37.4 Å². The van der Waals surface area contributed by atoms with Crippen molar-refractivity contribution in [3.05, 3.63) is 64.4 Å². The Bertz CT molecular complexity index is 560. The van der Waals surface area contributed by atoms with Crippen LogP contribution in [-0.4, -0.2) is 7.05 Å². The summed E-state index contributed by atoms with van der Waals surface area (Å²) in [6.07, 6.45) is 0. The van der Waals surface area contributed by atoms with Gasteiger partial charge in [-0.25, -0.2) is 4.39 Å². The molecule has 0 aliphatic heterocycles. The Morgan fingerprint density at radius 1 is 1.16 bits per heavy atom. The molecule has 0 amide bonds. The van der Waals surface area contributed by atoms with Crippen LogP contribution in [0.25, 0.3) is 0 Å². The van der Waals surface area contributed by atoms with Crippen molar-refractivity contribution < 1.29 is 4.39 Å². The van der Waals surface area contributed by atoms with Gasteiger partial charge in [0.15, 0.2) is 0 Å². The minimum Gasteiger partial charge on any atom is -0.316 e. The number of rotatable bonds is 5. The average Bonchev–Trinajstić information content (AvgIpc) is 2.40. The smallest absolute Gasteiger partial charge is 0.123 e. The molecule has 0 heterocycles. The minimum absolute atomic E-state index is 0.202. The standard InChI is InChI=1S/C15H15ClFNS/c1-18-9-12-8-13(17)6-7-15(12)19-10-11-4-2-3-5-14(11)16/h2-8,18H,9-10H2,1H3. The maximum absolute atomic E-state index is 13.2. The van der Waals surface area contributed by atoms with E-state index in [0.717, 1.165) is 26.8 Å². The number of hydrogen-bond acceptors (Lipinski definition) is 2. The Balaban J connectivity index is 2.13. The van der Waals surface area contributed by atoms with Crippen LogP contribution in [0.3, 0.4) is 0 Å². The van der Waals surface area contributed by atoms with E-state index in [4.69, 9.17) is 11.6 Å². The fraction of sp³-hybridized carbons (Fsp3) is 0.200. The first-order chi connectivity index (χ1) is 9.20. The zero-order valence-corrected chi connectivity index (χ0v) is 12.2. The number of hydrogen-bond donors (Lipinski definition) is 1. The molecule has 0 aliphatic rings. The fourth-order valence-corrected chi connectivity index (χ4v) is 3.11. The zero-order chi connectivity index (χ0) is 13.7. The second kappa shape index (κ2) is 6.94. The summed E-state index contributed by atoms with van der Waals surface area (Å²) in [6.45, 7) is 0.655. The zero-order valence-electron chi connectivity index (χ0n) is 10.6. The van der Waals surface area contributed by atoms with Crippen LogP contribution in [0.4, 0.5) is 4.39 Å². The molecule has 19 heavy (non-hydrogen) atoms. The molecule has 0 spiro atoms. The van der Waals surface area contributed by atoms with Crippen LogP contribution in [-0.2, 0) is 12.3 Å². The van der Waals surface area contributed by atoms with Crippen molar-refractivity contribution in [3.8, 4) is 0 Å². The second-order valence-electron chi connectivity index (χ2n) is 4.16. The molecule has 0 bridgehead atoms. The summed E-state index contributed by atoms with van der Waals surface area (Å²) in [4.78, 5) is 1.08. The molecular formula is C15H15ClFNS. The first-order valence-corrected chi connectivity index (χ1v) is 7.36. The summed E-state index contributed by atoms with van der Waals surface area (Å²) in [5.41, 5.74) is 2.06. The van der Waals surface area contributed by atoms with Crippen molar-refractivity contribution in [1.82, 2.24) is 5.32 Å². The van der Waals surface area contributed by atoms with Crippen molar-refractivity contribution in [1.29, 1.82) is 0 Å². The molecule has 0 saturated carbocycles. The summed E-state index contributed by atoms with van der Waals surface area (Å²) >= 11 is 7.80. The third-order valence-corrected chi connectivity index (χ3v) is 4.26. The summed E-state index contributed by atoms with van der Waals surface area (Å²) in [6, 6.07) is 12.7. The Hall–Kier alpha value is -1.03. The van der Waals surface area contributed by atoms with Crippen LogP contribution < -0.4 is 5.32 Å². The van der Waals surface area contributed by atoms with Gasteiger partial charge in [0.2, 0.25) is 0 Å². The first kappa shape index (κ1) is 14.4. The summed E-state index contributed by atoms with van der Waals surface area (Å²) in [5, 5.41) is 3.83. The van der Waals surface area contributed by atoms with Crippen molar-refractivity contribution in [2.24, 2.45) is 0 Å². The summed E-state index contributed by atoms with van der Waals surface area (Å²) < 4.78 is 13.2. The lowest BCUT2D eigenvalue weighted by molar-refractivity contribution is 0.621. The molecule has 0 aliphatic carbocycles. The Morgan fingerprint density at radius 2 is 1.95 bits per heavy atom. The van der Waals surface area contributed by atoms with Gasteiger partial charge in [-0.2, -0.15) is 0 Å². The van der Waals surface area contributed by atoms with E-state index in [0.29, 0.717) is 6.54 Å². The van der Waals surface area contributed by atoms with Crippen molar-refractivity contribution in [2.75, 3.05) is 7.05 Å². The van der Waals surface area contributed by atoms with E-state index in [9.17, 15) is 4.39 Å². The summed E-state index contributed by atoms with van der Waals surface area (Å²) in [7, 11) is 1.85. The van der Waals surface area contributed by atoms with E-state index in [2.05, 4.69) is 5.32 Å². The first-order valence-electron chi connectivity index (χ1n) is 6.00. The highest BCUT2D eigenvalue weighted by atomic mass is 35.5. The third-order valence-electron chi connectivity index (χ3n) is 2.73. The van der Waals surface area contributed by atoms with Gasteiger partial charge in [-0.3, -0.25) is 0 Å². The number of nitrogens with one attached hydrogen (secondary N) is 1. The molecule has 2 aromatic rings. The van der Waals surface area contributed by atoms with E-state index < -0.39 is 0 Å². The highest BCUT2D eigenvalue weighted by Gasteiger charge is 2.06. The number of benzene rings is 2. The Labute approximate surface area is 122 Å². The van der Waals surface area contributed by atoms with Crippen molar-refractivity contribution in [3.63, 3.8) is 0 Å². The molecule has 0 fully saturated rings. The highest BCUT2D eigenvalue weighted by molar-refractivity contribution is 7.98. The normalized spacial score (nSPS) is 10.7. The molecule has 0 aromatic heterocycles. The van der Waals surface area contributed by atoms with E-state index in [1.165, 1.54) is 6.07 Å². The molecule has 4 heteroatoms. The molecule has 100 valence electrons. The van der Waals surface area contributed by atoms with E-state index in [-0.39, 0.29) is 5.82 Å². The van der Waals surface area contributed by atoms with Gasteiger partial charge in [-0.15, -0.1) is 11.8 Å². The van der Waals surface area contributed by atoms with Gasteiger partial charge < -0.3 is 5.32 Å². The second-order valence-corrected chi connectivity index (χ2v) is 5.59. The SMILES string of the molecule is CNCc1cc(F)ccc1SCc1ccccc1Cl. The average molecular weight is 296 g/mol. The van der Waals surface area contributed by atoms with Crippen LogP contribution >= 0.6 is 23.4 Å². The highest BCUT2D eigenvalue weighted by Crippen LogP contribution is 2.29. The van der Waals surface area contributed by atoms with Crippen molar-refractivity contribution >= 4 is 23.4 Å². The Kier molecular flexibility index (Phi) is 5.25. The van der Waals surface area contributed by atoms with Gasteiger partial charge in [-0.05, 0) is 42.4 Å². The van der Waals surface area contributed by atoms with Gasteiger partial charge >= 0.3 is 0 Å². The monoisotopic (exact) mass is 295 g/mol. The molecule has 0 atom stereocenters. The molecule has 0 unspecified atom stereocenters. The predicted molar refractivity (Wildman–Crippen MR) is 80.2 cm³/mol. The maximum Gasteiger partial charge on any atom is 0.123 e. The number of halogens is 2. The summed E-state index contributed by atoms with van der Waals surface area (Å²) in [5.74, 6) is 0.578. The van der Waals surface area contributed by atoms with Crippen LogP contribution in [0.1, 0.15) is 11.1 Å². The molecule has 2 rings (SSSR count). The van der Waals surface area contributed by atoms with Gasteiger partial charge in [0.1, 0.15) is 5.82 Å². The fourth-order valence-electron chi connectivity index (χ4n) is 1.79. The van der Waals surface area contributed by atoms with Crippen LogP contribution in [0.15, 0.2) is 47.4 Å². The molecule has 0 radical (unpaired) electrons. The third kappa shape index (κ3) is 3.96. The molecular weight excluding hydrogens is 281 g/mol. The minimum atomic E-state index is -0.202. The van der Waals surface area contributed by atoms with Gasteiger partial charge in [0, 0.05) is 22.2 Å². The lowest BCUT2D eigenvalue weighted by atomic mass is 10.2.